The number of methoxy groups -OCH3 is 1. The van der Waals surface area contributed by atoms with Crippen molar-refractivity contribution in [1.29, 1.82) is 0 Å². The molecule has 17 heavy (non-hydrogen) atoms. The molecule has 0 spiro atoms. The van der Waals surface area contributed by atoms with Gasteiger partial charge in [-0.1, -0.05) is 0 Å². The summed E-state index contributed by atoms with van der Waals surface area (Å²) in [5.41, 5.74) is 3.67. The molecule has 0 aliphatic carbocycles. The molecule has 1 unspecified atom stereocenters. The van der Waals surface area contributed by atoms with Crippen LogP contribution in [0.5, 0.6) is 0 Å². The predicted molar refractivity (Wildman–Crippen MR) is 65.6 cm³/mol. The van der Waals surface area contributed by atoms with Gasteiger partial charge in [0.15, 0.2) is 0 Å². The van der Waals surface area contributed by atoms with Gasteiger partial charge in [-0.25, -0.2) is 10.8 Å². The van der Waals surface area contributed by atoms with Gasteiger partial charge in [0, 0.05) is 24.4 Å². The molecule has 6 heteroatoms. The van der Waals surface area contributed by atoms with Crippen LogP contribution in [-0.2, 0) is 4.74 Å². The number of hydrogen-bond acceptors (Lipinski definition) is 5. The standard InChI is InChI=1S/C11H18N4O2/c1-7-4-9(5-10(13-7)15-12)11(16)14-8(2)6-17-3/h4-5,8H,6,12H2,1-3H3,(H,13,15)(H,14,16). The molecule has 1 aromatic heterocycles. The fourth-order valence-corrected chi connectivity index (χ4v) is 1.47. The molecule has 0 aromatic carbocycles. The minimum absolute atomic E-state index is 0.0461. The third kappa shape index (κ3) is 4.01. The van der Waals surface area contributed by atoms with Crippen LogP contribution in [0, 0.1) is 6.92 Å². The van der Waals surface area contributed by atoms with E-state index in [1.807, 2.05) is 6.92 Å². The Morgan fingerprint density at radius 2 is 2.29 bits per heavy atom. The van der Waals surface area contributed by atoms with Crippen molar-refractivity contribution >= 4 is 11.7 Å². The van der Waals surface area contributed by atoms with E-state index < -0.39 is 0 Å². The number of nitrogen functional groups attached to an aromatic ring is 1. The van der Waals surface area contributed by atoms with Crippen molar-refractivity contribution in [2.45, 2.75) is 19.9 Å². The van der Waals surface area contributed by atoms with Gasteiger partial charge >= 0.3 is 0 Å². The molecule has 0 saturated heterocycles. The van der Waals surface area contributed by atoms with Gasteiger partial charge in [0.25, 0.3) is 5.91 Å². The van der Waals surface area contributed by atoms with Gasteiger partial charge in [0.05, 0.1) is 6.61 Å². The maximum atomic E-state index is 11.9. The molecule has 94 valence electrons. The number of ether oxygens (including phenoxy) is 1. The number of carbonyl (C=O) groups excluding carboxylic acids is 1. The number of pyridine rings is 1. The first kappa shape index (κ1) is 13.4. The van der Waals surface area contributed by atoms with E-state index in [4.69, 9.17) is 10.6 Å². The summed E-state index contributed by atoms with van der Waals surface area (Å²) in [6.07, 6.45) is 0. The first-order chi connectivity index (χ1) is 8.06. The predicted octanol–water partition coefficient (Wildman–Crippen LogP) is 0.440. The number of nitrogens with zero attached hydrogens (tertiary/aromatic N) is 1. The number of carbonyl (C=O) groups is 1. The number of rotatable bonds is 5. The van der Waals surface area contributed by atoms with E-state index in [0.29, 0.717) is 18.0 Å². The lowest BCUT2D eigenvalue weighted by Crippen LogP contribution is -2.35. The maximum absolute atomic E-state index is 11.9. The van der Waals surface area contributed by atoms with Crippen LogP contribution in [0.15, 0.2) is 12.1 Å². The van der Waals surface area contributed by atoms with E-state index >= 15 is 0 Å². The highest BCUT2D eigenvalue weighted by molar-refractivity contribution is 5.95. The Morgan fingerprint density at radius 3 is 2.88 bits per heavy atom. The maximum Gasteiger partial charge on any atom is 0.251 e. The Balaban J connectivity index is 2.78. The van der Waals surface area contributed by atoms with Gasteiger partial charge in [-0.05, 0) is 26.0 Å². The molecule has 0 radical (unpaired) electrons. The summed E-state index contributed by atoms with van der Waals surface area (Å²) in [6.45, 7) is 4.14. The van der Waals surface area contributed by atoms with Crippen molar-refractivity contribution in [2.24, 2.45) is 5.84 Å². The first-order valence-corrected chi connectivity index (χ1v) is 5.32. The molecule has 1 aromatic rings. The van der Waals surface area contributed by atoms with E-state index in [2.05, 4.69) is 15.7 Å². The van der Waals surface area contributed by atoms with Crippen molar-refractivity contribution in [1.82, 2.24) is 10.3 Å². The molecular weight excluding hydrogens is 220 g/mol. The highest BCUT2D eigenvalue weighted by atomic mass is 16.5. The Labute approximate surface area is 101 Å². The molecular formula is C11H18N4O2. The summed E-state index contributed by atoms with van der Waals surface area (Å²) < 4.78 is 4.95. The van der Waals surface area contributed by atoms with Gasteiger partial charge in [-0.15, -0.1) is 0 Å². The average molecular weight is 238 g/mol. The third-order valence-electron chi connectivity index (χ3n) is 2.16. The monoisotopic (exact) mass is 238 g/mol. The lowest BCUT2D eigenvalue weighted by Gasteiger charge is -2.13. The second-order valence-electron chi connectivity index (χ2n) is 3.86. The summed E-state index contributed by atoms with van der Waals surface area (Å²) in [5.74, 6) is 5.57. The number of nitrogens with two attached hydrogens (primary N) is 1. The van der Waals surface area contributed by atoms with Crippen molar-refractivity contribution in [3.8, 4) is 0 Å². The zero-order valence-corrected chi connectivity index (χ0v) is 10.3. The van der Waals surface area contributed by atoms with Crippen LogP contribution < -0.4 is 16.6 Å². The number of nitrogens with one attached hydrogen (secondary N) is 2. The summed E-state index contributed by atoms with van der Waals surface area (Å²) in [6, 6.07) is 3.26. The van der Waals surface area contributed by atoms with Crippen LogP contribution in [0.25, 0.3) is 0 Å². The topological polar surface area (TPSA) is 89.3 Å². The molecule has 4 N–H and O–H groups in total. The molecule has 1 heterocycles. The fourth-order valence-electron chi connectivity index (χ4n) is 1.47. The van der Waals surface area contributed by atoms with Crippen LogP contribution in [-0.4, -0.2) is 30.6 Å². The largest absolute Gasteiger partial charge is 0.383 e. The minimum atomic E-state index is -0.170. The van der Waals surface area contributed by atoms with Gasteiger partial charge in [0.1, 0.15) is 5.82 Å². The molecule has 0 bridgehead atoms. The van der Waals surface area contributed by atoms with Crippen LogP contribution in [0.2, 0.25) is 0 Å². The SMILES string of the molecule is COCC(C)NC(=O)c1cc(C)nc(NN)c1. The molecule has 1 rings (SSSR count). The third-order valence-corrected chi connectivity index (χ3v) is 2.16. The molecule has 0 saturated carbocycles. The zero-order chi connectivity index (χ0) is 12.8. The van der Waals surface area contributed by atoms with Crippen LogP contribution >= 0.6 is 0 Å². The number of anilines is 1. The summed E-state index contributed by atoms with van der Waals surface area (Å²) in [7, 11) is 1.59. The lowest BCUT2D eigenvalue weighted by atomic mass is 10.2. The smallest absolute Gasteiger partial charge is 0.251 e. The van der Waals surface area contributed by atoms with Crippen molar-refractivity contribution in [2.75, 3.05) is 19.1 Å². The van der Waals surface area contributed by atoms with Gasteiger partial charge < -0.3 is 15.5 Å². The van der Waals surface area contributed by atoms with E-state index in [1.165, 1.54) is 0 Å². The Kier molecular flexibility index (Phi) is 4.86. The van der Waals surface area contributed by atoms with E-state index in [9.17, 15) is 4.79 Å². The highest BCUT2D eigenvalue weighted by Crippen LogP contribution is 2.09. The average Bonchev–Trinajstić information content (AvgIpc) is 2.28. The van der Waals surface area contributed by atoms with Crippen LogP contribution in [0.1, 0.15) is 23.0 Å². The van der Waals surface area contributed by atoms with E-state index in [-0.39, 0.29) is 11.9 Å². The molecule has 6 nitrogen and oxygen atoms in total. The van der Waals surface area contributed by atoms with Gasteiger partial charge in [-0.2, -0.15) is 0 Å². The Morgan fingerprint density at radius 1 is 1.59 bits per heavy atom. The van der Waals surface area contributed by atoms with Crippen molar-refractivity contribution in [3.63, 3.8) is 0 Å². The molecule has 0 fully saturated rings. The highest BCUT2D eigenvalue weighted by Gasteiger charge is 2.11. The summed E-state index contributed by atoms with van der Waals surface area (Å²) in [4.78, 5) is 16.0. The zero-order valence-electron chi connectivity index (χ0n) is 10.3. The summed E-state index contributed by atoms with van der Waals surface area (Å²) >= 11 is 0. The van der Waals surface area contributed by atoms with Crippen molar-refractivity contribution in [3.05, 3.63) is 23.4 Å². The quantitative estimate of drug-likeness (QED) is 0.511. The van der Waals surface area contributed by atoms with Crippen LogP contribution in [0.3, 0.4) is 0 Å². The number of hydrogen-bond donors (Lipinski definition) is 3. The Hall–Kier alpha value is -1.66. The van der Waals surface area contributed by atoms with E-state index in [0.717, 1.165) is 5.69 Å². The second kappa shape index (κ2) is 6.17. The molecule has 1 atom stereocenters. The van der Waals surface area contributed by atoms with Crippen molar-refractivity contribution < 1.29 is 9.53 Å². The molecule has 0 aliphatic rings. The van der Waals surface area contributed by atoms with Gasteiger partial charge in [0.2, 0.25) is 0 Å². The molecule has 0 aliphatic heterocycles. The summed E-state index contributed by atoms with van der Waals surface area (Å²) in [5, 5.41) is 2.82. The number of aromatic nitrogens is 1. The number of aryl methyl sites for hydroxylation is 1. The molecule has 1 amide bonds. The lowest BCUT2D eigenvalue weighted by molar-refractivity contribution is 0.0905. The van der Waals surface area contributed by atoms with E-state index in [1.54, 1.807) is 26.2 Å². The number of hydrazine groups is 1. The minimum Gasteiger partial charge on any atom is -0.383 e. The normalized spacial score (nSPS) is 12.0. The van der Waals surface area contributed by atoms with Crippen LogP contribution in [0.4, 0.5) is 5.82 Å². The van der Waals surface area contributed by atoms with Gasteiger partial charge in [-0.3, -0.25) is 4.79 Å². The fraction of sp³-hybridized carbons (Fsp3) is 0.455. The first-order valence-electron chi connectivity index (χ1n) is 5.32. The second-order valence-corrected chi connectivity index (χ2v) is 3.86. The number of amides is 1. The Bertz CT molecular complexity index is 395.